The second-order valence-electron chi connectivity index (χ2n) is 7.18. The SMILES string of the molecule is CC1OCCC1NCCCN(C(=O)OC(C)(C)C)C1CC1. The molecule has 0 bridgehead atoms. The Bertz CT molecular complexity index is 350. The molecule has 0 radical (unpaired) electrons. The summed E-state index contributed by atoms with van der Waals surface area (Å²) in [5.74, 6) is 0. The van der Waals surface area contributed by atoms with Crippen molar-refractivity contribution in [1.82, 2.24) is 10.2 Å². The van der Waals surface area contributed by atoms with Gasteiger partial charge in [-0.25, -0.2) is 4.79 Å². The minimum absolute atomic E-state index is 0.164. The summed E-state index contributed by atoms with van der Waals surface area (Å²) in [6, 6.07) is 0.856. The Balaban J connectivity index is 1.69. The van der Waals surface area contributed by atoms with Gasteiger partial charge in [0.15, 0.2) is 0 Å². The maximum Gasteiger partial charge on any atom is 0.410 e. The lowest BCUT2D eigenvalue weighted by atomic mass is 10.1. The molecule has 2 unspecified atom stereocenters. The number of carbonyl (C=O) groups is 1. The summed E-state index contributed by atoms with van der Waals surface area (Å²) >= 11 is 0. The van der Waals surface area contributed by atoms with Gasteiger partial charge in [0, 0.05) is 25.2 Å². The Hall–Kier alpha value is -0.810. The van der Waals surface area contributed by atoms with Crippen molar-refractivity contribution in [3.8, 4) is 0 Å². The third-order valence-corrected chi connectivity index (χ3v) is 3.97. The van der Waals surface area contributed by atoms with E-state index in [1.807, 2.05) is 25.7 Å². The van der Waals surface area contributed by atoms with Gasteiger partial charge in [0.1, 0.15) is 5.60 Å². The lowest BCUT2D eigenvalue weighted by Crippen LogP contribution is -2.41. The van der Waals surface area contributed by atoms with Crippen LogP contribution in [0, 0.1) is 0 Å². The molecule has 2 aliphatic rings. The lowest BCUT2D eigenvalue weighted by Gasteiger charge is -2.27. The summed E-state index contributed by atoms with van der Waals surface area (Å²) in [5.41, 5.74) is -0.418. The Kier molecular flexibility index (Phi) is 5.49. The first-order valence-corrected chi connectivity index (χ1v) is 8.21. The first-order chi connectivity index (χ1) is 9.87. The fourth-order valence-electron chi connectivity index (χ4n) is 2.67. The van der Waals surface area contributed by atoms with Gasteiger partial charge in [-0.1, -0.05) is 0 Å². The molecule has 2 atom stereocenters. The highest BCUT2D eigenvalue weighted by molar-refractivity contribution is 5.69. The van der Waals surface area contributed by atoms with E-state index < -0.39 is 5.60 Å². The molecule has 1 amide bonds. The second-order valence-corrected chi connectivity index (χ2v) is 7.18. The largest absolute Gasteiger partial charge is 0.444 e. The zero-order valence-corrected chi connectivity index (χ0v) is 13.9. The molecule has 1 N–H and O–H groups in total. The van der Waals surface area contributed by atoms with E-state index in [4.69, 9.17) is 9.47 Å². The van der Waals surface area contributed by atoms with Gasteiger partial charge in [-0.05, 0) is 59.9 Å². The highest BCUT2D eigenvalue weighted by Gasteiger charge is 2.34. The average Bonchev–Trinajstić information content (AvgIpc) is 3.11. The van der Waals surface area contributed by atoms with Crippen molar-refractivity contribution in [3.05, 3.63) is 0 Å². The van der Waals surface area contributed by atoms with Crippen LogP contribution in [-0.4, -0.2) is 54.5 Å². The second kappa shape index (κ2) is 6.97. The first-order valence-electron chi connectivity index (χ1n) is 8.21. The van der Waals surface area contributed by atoms with Crippen LogP contribution in [0.5, 0.6) is 0 Å². The minimum atomic E-state index is -0.418. The molecule has 0 aromatic carbocycles. The Morgan fingerprint density at radius 2 is 2.05 bits per heavy atom. The number of hydrogen-bond donors (Lipinski definition) is 1. The fraction of sp³-hybridized carbons (Fsp3) is 0.938. The van der Waals surface area contributed by atoms with E-state index in [9.17, 15) is 4.79 Å². The molecule has 1 aliphatic carbocycles. The number of hydrogen-bond acceptors (Lipinski definition) is 4. The molecule has 0 aromatic rings. The summed E-state index contributed by atoms with van der Waals surface area (Å²) in [6.45, 7) is 10.4. The molecule has 5 heteroatoms. The van der Waals surface area contributed by atoms with Gasteiger partial charge in [-0.15, -0.1) is 0 Å². The highest BCUT2D eigenvalue weighted by atomic mass is 16.6. The first kappa shape index (κ1) is 16.6. The molecule has 1 heterocycles. The van der Waals surface area contributed by atoms with E-state index >= 15 is 0 Å². The van der Waals surface area contributed by atoms with Gasteiger partial charge < -0.3 is 19.7 Å². The van der Waals surface area contributed by atoms with Crippen LogP contribution in [0.2, 0.25) is 0 Å². The monoisotopic (exact) mass is 298 g/mol. The van der Waals surface area contributed by atoms with Crippen LogP contribution < -0.4 is 5.32 Å². The molecule has 2 rings (SSSR count). The lowest BCUT2D eigenvalue weighted by molar-refractivity contribution is 0.0231. The van der Waals surface area contributed by atoms with Gasteiger partial charge in [0.05, 0.1) is 6.10 Å². The number of rotatable bonds is 6. The minimum Gasteiger partial charge on any atom is -0.444 e. The predicted molar refractivity (Wildman–Crippen MR) is 82.4 cm³/mol. The molecule has 122 valence electrons. The molecule has 0 spiro atoms. The molecule has 1 aliphatic heterocycles. The number of carbonyl (C=O) groups excluding carboxylic acids is 1. The van der Waals surface area contributed by atoms with E-state index in [0.717, 1.165) is 45.4 Å². The molecule has 1 saturated heterocycles. The molecule has 21 heavy (non-hydrogen) atoms. The van der Waals surface area contributed by atoms with Crippen LogP contribution in [0.1, 0.15) is 53.4 Å². The Labute approximate surface area is 128 Å². The van der Waals surface area contributed by atoms with Gasteiger partial charge in [0.2, 0.25) is 0 Å². The zero-order chi connectivity index (χ0) is 15.5. The Morgan fingerprint density at radius 1 is 1.33 bits per heavy atom. The van der Waals surface area contributed by atoms with Crippen LogP contribution in [0.3, 0.4) is 0 Å². The summed E-state index contributed by atoms with van der Waals surface area (Å²) in [6.07, 6.45) is 4.40. The van der Waals surface area contributed by atoms with Gasteiger partial charge in [0.25, 0.3) is 0 Å². The van der Waals surface area contributed by atoms with Crippen molar-refractivity contribution in [2.24, 2.45) is 0 Å². The predicted octanol–water partition coefficient (Wildman–Crippen LogP) is 2.54. The summed E-state index contributed by atoms with van der Waals surface area (Å²) in [4.78, 5) is 14.1. The van der Waals surface area contributed by atoms with Crippen molar-refractivity contribution < 1.29 is 14.3 Å². The van der Waals surface area contributed by atoms with Crippen molar-refractivity contribution >= 4 is 6.09 Å². The van der Waals surface area contributed by atoms with Gasteiger partial charge >= 0.3 is 6.09 Å². The Morgan fingerprint density at radius 3 is 2.57 bits per heavy atom. The fourth-order valence-corrected chi connectivity index (χ4v) is 2.67. The number of nitrogens with one attached hydrogen (secondary N) is 1. The van der Waals surface area contributed by atoms with E-state index in [0.29, 0.717) is 18.2 Å². The molecular formula is C16H30N2O3. The van der Waals surface area contributed by atoms with Crippen molar-refractivity contribution in [2.75, 3.05) is 19.7 Å². The van der Waals surface area contributed by atoms with E-state index in [1.165, 1.54) is 0 Å². The maximum absolute atomic E-state index is 12.2. The van der Waals surface area contributed by atoms with Crippen molar-refractivity contribution in [2.45, 2.75) is 77.2 Å². The molecule has 1 saturated carbocycles. The highest BCUT2D eigenvalue weighted by Crippen LogP contribution is 2.28. The standard InChI is InChI=1S/C16H30N2O3/c1-12-14(8-11-20-12)17-9-5-10-18(13-6-7-13)15(19)21-16(2,3)4/h12-14,17H,5-11H2,1-4H3. The average molecular weight is 298 g/mol. The van der Waals surface area contributed by atoms with Crippen LogP contribution in [-0.2, 0) is 9.47 Å². The van der Waals surface area contributed by atoms with Gasteiger partial charge in [-0.3, -0.25) is 0 Å². The molecule has 2 fully saturated rings. The zero-order valence-electron chi connectivity index (χ0n) is 13.9. The number of ether oxygens (including phenoxy) is 2. The van der Waals surface area contributed by atoms with Crippen LogP contribution in [0.4, 0.5) is 4.79 Å². The topological polar surface area (TPSA) is 50.8 Å². The number of amides is 1. The third kappa shape index (κ3) is 5.47. The van der Waals surface area contributed by atoms with Crippen LogP contribution in [0.25, 0.3) is 0 Å². The smallest absolute Gasteiger partial charge is 0.410 e. The van der Waals surface area contributed by atoms with E-state index in [1.54, 1.807) is 0 Å². The van der Waals surface area contributed by atoms with Crippen LogP contribution >= 0.6 is 0 Å². The molecule has 5 nitrogen and oxygen atoms in total. The van der Waals surface area contributed by atoms with Crippen molar-refractivity contribution in [3.63, 3.8) is 0 Å². The number of nitrogens with zero attached hydrogens (tertiary/aromatic N) is 1. The summed E-state index contributed by atoms with van der Waals surface area (Å²) in [7, 11) is 0. The van der Waals surface area contributed by atoms with Crippen LogP contribution in [0.15, 0.2) is 0 Å². The third-order valence-electron chi connectivity index (χ3n) is 3.97. The van der Waals surface area contributed by atoms with E-state index in [-0.39, 0.29) is 6.09 Å². The van der Waals surface area contributed by atoms with Gasteiger partial charge in [-0.2, -0.15) is 0 Å². The summed E-state index contributed by atoms with van der Waals surface area (Å²) < 4.78 is 11.0. The maximum atomic E-state index is 12.2. The van der Waals surface area contributed by atoms with Crippen molar-refractivity contribution in [1.29, 1.82) is 0 Å². The molecule has 0 aromatic heterocycles. The molecular weight excluding hydrogens is 268 g/mol. The summed E-state index contributed by atoms with van der Waals surface area (Å²) in [5, 5.41) is 3.53. The quantitative estimate of drug-likeness (QED) is 0.766. The van der Waals surface area contributed by atoms with E-state index in [2.05, 4.69) is 12.2 Å². The normalized spacial score (nSPS) is 25.9.